The molecule has 0 aromatic rings. The minimum atomic E-state index is -0.460. The van der Waals surface area contributed by atoms with Crippen molar-refractivity contribution in [3.8, 4) is 0 Å². The topological polar surface area (TPSA) is 35.5 Å². The smallest absolute Gasteiger partial charge is 0.313 e. The van der Waals surface area contributed by atoms with Crippen LogP contribution in [0, 0.1) is 12.5 Å². The van der Waals surface area contributed by atoms with E-state index < -0.39 is 5.41 Å². The zero-order chi connectivity index (χ0) is 8.20. The zero-order valence-corrected chi connectivity index (χ0v) is 10.1. The number of hydrogen-bond acceptors (Lipinski definition) is 3. The molecule has 63 valence electrons. The summed E-state index contributed by atoms with van der Waals surface area (Å²) in [7, 11) is 3.06. The Hall–Kier alpha value is 0.534. The van der Waals surface area contributed by atoms with Crippen LogP contribution in [-0.2, 0) is 47.0 Å². The molecule has 11 heavy (non-hydrogen) atoms. The Morgan fingerprint density at radius 3 is 2.18 bits per heavy atom. The molecule has 0 saturated carbocycles. The molecule has 0 aromatic heterocycles. The molecule has 0 atom stereocenters. The van der Waals surface area contributed by atoms with Crippen LogP contribution in [0.4, 0.5) is 0 Å². The molecule has 0 aromatic carbocycles. The van der Waals surface area contributed by atoms with Gasteiger partial charge in [-0.05, 0) is 20.8 Å². The van der Waals surface area contributed by atoms with Gasteiger partial charge in [0.25, 0.3) is 0 Å². The van der Waals surface area contributed by atoms with Gasteiger partial charge in [0.1, 0.15) is 0 Å². The second-order valence-corrected chi connectivity index (χ2v) is 3.00. The number of hydrogen-bond donors (Lipinski definition) is 0. The van der Waals surface area contributed by atoms with E-state index >= 15 is 0 Å². The Morgan fingerprint density at radius 1 is 1.45 bits per heavy atom. The van der Waals surface area contributed by atoms with Gasteiger partial charge in [0, 0.05) is 32.7 Å². The Balaban J connectivity index is 0. The predicted molar refractivity (Wildman–Crippen MR) is 36.9 cm³/mol. The molecule has 0 aliphatic carbocycles. The molecule has 4 heteroatoms. The second-order valence-electron chi connectivity index (χ2n) is 3.00. The maximum absolute atomic E-state index is 10.9. The van der Waals surface area contributed by atoms with Crippen LogP contribution in [-0.4, -0.2) is 12.8 Å². The molecular formula is C7H13O3Y-. The van der Waals surface area contributed by atoms with Gasteiger partial charge in [-0.3, -0.25) is 4.79 Å². The van der Waals surface area contributed by atoms with E-state index in [1.54, 1.807) is 20.8 Å². The quantitative estimate of drug-likeness (QED) is 0.411. The van der Waals surface area contributed by atoms with Gasteiger partial charge in [0.2, 0.25) is 0 Å². The third kappa shape index (κ3) is 6.91. The van der Waals surface area contributed by atoms with Gasteiger partial charge in [-0.15, -0.1) is 0 Å². The Morgan fingerprint density at radius 2 is 1.91 bits per heavy atom. The van der Waals surface area contributed by atoms with E-state index in [1.807, 2.05) is 0 Å². The molecule has 0 aliphatic rings. The van der Waals surface area contributed by atoms with Crippen molar-refractivity contribution in [3.63, 3.8) is 0 Å². The normalized spacial score (nSPS) is 10.2. The van der Waals surface area contributed by atoms with Gasteiger partial charge in [-0.1, -0.05) is 0 Å². The van der Waals surface area contributed by atoms with E-state index in [2.05, 4.69) is 16.6 Å². The van der Waals surface area contributed by atoms with Crippen molar-refractivity contribution < 1.29 is 47.0 Å². The van der Waals surface area contributed by atoms with E-state index in [0.717, 1.165) is 0 Å². The van der Waals surface area contributed by atoms with E-state index in [0.29, 0.717) is 0 Å². The van der Waals surface area contributed by atoms with Crippen LogP contribution >= 0.6 is 0 Å². The van der Waals surface area contributed by atoms with Crippen molar-refractivity contribution in [2.45, 2.75) is 20.8 Å². The summed E-state index contributed by atoms with van der Waals surface area (Å²) in [4.78, 5) is 10.9. The summed E-state index contributed by atoms with van der Waals surface area (Å²) in [6.07, 6.45) is 0. The van der Waals surface area contributed by atoms with E-state index in [9.17, 15) is 4.79 Å². The number of carbonyl (C=O) groups excluding carboxylic acids is 1. The van der Waals surface area contributed by atoms with Gasteiger partial charge in [0.05, 0.1) is 5.41 Å². The SMILES string of the molecule is [CH2-]OCOC(=O)C(C)(C)C.[Y]. The number of rotatable bonds is 2. The van der Waals surface area contributed by atoms with Crippen molar-refractivity contribution >= 4 is 5.97 Å². The molecule has 0 aliphatic heterocycles. The van der Waals surface area contributed by atoms with Crippen LogP contribution in [0.5, 0.6) is 0 Å². The summed E-state index contributed by atoms with van der Waals surface area (Å²) in [5.74, 6) is -0.281. The third-order valence-corrected chi connectivity index (χ3v) is 0.886. The van der Waals surface area contributed by atoms with Crippen molar-refractivity contribution in [2.75, 3.05) is 6.79 Å². The minimum Gasteiger partial charge on any atom is -0.526 e. The standard InChI is InChI=1S/C7H13O3.Y/c1-7(2,3)6(8)10-5-9-4;/h4-5H2,1-3H3;/q-1;. The van der Waals surface area contributed by atoms with Gasteiger partial charge in [-0.25, -0.2) is 7.11 Å². The van der Waals surface area contributed by atoms with Crippen molar-refractivity contribution in [2.24, 2.45) is 5.41 Å². The van der Waals surface area contributed by atoms with Crippen molar-refractivity contribution in [1.82, 2.24) is 0 Å². The Labute approximate surface area is 92.7 Å². The summed E-state index contributed by atoms with van der Waals surface area (Å²) >= 11 is 0. The molecule has 0 unspecified atom stereocenters. The molecule has 0 spiro atoms. The summed E-state index contributed by atoms with van der Waals surface area (Å²) in [6, 6.07) is 0. The van der Waals surface area contributed by atoms with E-state index in [4.69, 9.17) is 0 Å². The molecule has 0 rings (SSSR count). The van der Waals surface area contributed by atoms with Crippen molar-refractivity contribution in [3.05, 3.63) is 7.11 Å². The first kappa shape index (κ1) is 14.1. The number of ether oxygens (including phenoxy) is 2. The number of esters is 1. The molecule has 0 bridgehead atoms. The fourth-order valence-corrected chi connectivity index (χ4v) is 0.312. The monoisotopic (exact) mass is 234 g/mol. The van der Waals surface area contributed by atoms with Gasteiger partial charge >= 0.3 is 5.97 Å². The molecule has 3 nitrogen and oxygen atoms in total. The zero-order valence-electron chi connectivity index (χ0n) is 7.22. The Kier molecular flexibility index (Phi) is 7.80. The molecule has 0 N–H and O–H groups in total. The third-order valence-electron chi connectivity index (χ3n) is 0.886. The summed E-state index contributed by atoms with van der Waals surface area (Å²) < 4.78 is 8.95. The van der Waals surface area contributed by atoms with Crippen LogP contribution in [0.15, 0.2) is 0 Å². The first-order valence-corrected chi connectivity index (χ1v) is 3.02. The average molecular weight is 234 g/mol. The maximum atomic E-state index is 10.9. The molecule has 0 fully saturated rings. The maximum Gasteiger partial charge on any atom is 0.313 e. The average Bonchev–Trinajstić information content (AvgIpc) is 1.80. The summed E-state index contributed by atoms with van der Waals surface area (Å²) in [6.45, 7) is 5.26. The second kappa shape index (κ2) is 6.09. The van der Waals surface area contributed by atoms with Crippen molar-refractivity contribution in [1.29, 1.82) is 0 Å². The Bertz CT molecular complexity index is 117. The van der Waals surface area contributed by atoms with E-state index in [-0.39, 0.29) is 45.5 Å². The van der Waals surface area contributed by atoms with Gasteiger partial charge < -0.3 is 9.47 Å². The van der Waals surface area contributed by atoms with Crippen LogP contribution in [0.1, 0.15) is 20.8 Å². The fraction of sp³-hybridized carbons (Fsp3) is 0.714. The largest absolute Gasteiger partial charge is 0.526 e. The van der Waals surface area contributed by atoms with Gasteiger partial charge in [-0.2, -0.15) is 0 Å². The first-order valence-electron chi connectivity index (χ1n) is 3.02. The fourth-order valence-electron chi connectivity index (χ4n) is 0.312. The molecular weight excluding hydrogens is 221 g/mol. The summed E-state index contributed by atoms with van der Waals surface area (Å²) in [5.41, 5.74) is -0.460. The molecule has 1 radical (unpaired) electrons. The predicted octanol–water partition coefficient (Wildman–Crippen LogP) is 1.34. The van der Waals surface area contributed by atoms with Crippen LogP contribution in [0.2, 0.25) is 0 Å². The first-order chi connectivity index (χ1) is 4.48. The number of carbonyl (C=O) groups is 1. The molecule has 0 amide bonds. The van der Waals surface area contributed by atoms with E-state index in [1.165, 1.54) is 0 Å². The van der Waals surface area contributed by atoms with Gasteiger partial charge in [0.15, 0.2) is 6.79 Å². The van der Waals surface area contributed by atoms with Crippen LogP contribution < -0.4 is 0 Å². The van der Waals surface area contributed by atoms with Crippen LogP contribution in [0.3, 0.4) is 0 Å². The molecule has 0 saturated heterocycles. The van der Waals surface area contributed by atoms with Crippen LogP contribution in [0.25, 0.3) is 0 Å². The summed E-state index contributed by atoms with van der Waals surface area (Å²) in [5, 5.41) is 0. The molecule has 0 heterocycles. The minimum absolute atomic E-state index is 0.